The number of aromatic nitrogens is 2. The van der Waals surface area contributed by atoms with Crippen molar-refractivity contribution in [2.75, 3.05) is 12.8 Å². The third-order valence-corrected chi connectivity index (χ3v) is 4.36. The van der Waals surface area contributed by atoms with Gasteiger partial charge in [0, 0.05) is 12.0 Å². The largest absolute Gasteiger partial charge is 0.390 e. The molecule has 0 amide bonds. The number of methoxy groups -OCH3 is 1. The fourth-order valence-corrected chi connectivity index (χ4v) is 3.14. The van der Waals surface area contributed by atoms with E-state index in [2.05, 4.69) is 30.9 Å². The van der Waals surface area contributed by atoms with Crippen molar-refractivity contribution >= 4 is 16.3 Å². The molecule has 0 radical (unpaired) electrons. The van der Waals surface area contributed by atoms with Gasteiger partial charge in [0.15, 0.2) is 0 Å². The Balaban J connectivity index is 2.43. The molecule has 2 N–H and O–H groups in total. The highest BCUT2D eigenvalue weighted by atomic mass is 32.1. The smallest absolute Gasteiger partial charge is 0.261 e. The van der Waals surface area contributed by atoms with Crippen LogP contribution in [-0.4, -0.2) is 17.3 Å². The lowest BCUT2D eigenvalue weighted by atomic mass is 9.88. The quantitative estimate of drug-likeness (QED) is 0.933. The minimum absolute atomic E-state index is 0.110. The third-order valence-electron chi connectivity index (χ3n) is 3.32. The molecule has 0 fully saturated rings. The Morgan fingerprint density at radius 2 is 1.95 bits per heavy atom. The number of nitrogens with zero attached hydrogens (tertiary/aromatic N) is 2. The van der Waals surface area contributed by atoms with Crippen molar-refractivity contribution in [1.29, 1.82) is 0 Å². The summed E-state index contributed by atoms with van der Waals surface area (Å²) >= 11 is 1.54. The van der Waals surface area contributed by atoms with Crippen molar-refractivity contribution in [3.63, 3.8) is 0 Å². The van der Waals surface area contributed by atoms with Crippen LogP contribution >= 0.6 is 11.3 Å². The number of aryl methyl sites for hydroxylation is 1. The van der Waals surface area contributed by atoms with Gasteiger partial charge in [0.25, 0.3) is 5.89 Å². The second kappa shape index (κ2) is 5.18. The number of nitrogens with two attached hydrogens (primary N) is 1. The van der Waals surface area contributed by atoms with Gasteiger partial charge in [0.1, 0.15) is 6.10 Å². The Labute approximate surface area is 123 Å². The number of hydrogen-bond donors (Lipinski definition) is 1. The van der Waals surface area contributed by atoms with Crippen LogP contribution in [0.2, 0.25) is 0 Å². The van der Waals surface area contributed by atoms with Gasteiger partial charge in [-0.2, -0.15) is 4.98 Å². The second-order valence-electron chi connectivity index (χ2n) is 5.96. The van der Waals surface area contributed by atoms with E-state index in [0.717, 1.165) is 16.0 Å². The van der Waals surface area contributed by atoms with E-state index in [1.165, 1.54) is 11.3 Å². The van der Waals surface area contributed by atoms with E-state index >= 15 is 0 Å². The van der Waals surface area contributed by atoms with Crippen LogP contribution in [0.15, 0.2) is 4.52 Å². The predicted molar refractivity (Wildman–Crippen MR) is 80.7 cm³/mol. The van der Waals surface area contributed by atoms with Crippen LogP contribution in [0.1, 0.15) is 43.1 Å². The van der Waals surface area contributed by atoms with Gasteiger partial charge in [-0.1, -0.05) is 25.9 Å². The predicted octanol–water partition coefficient (Wildman–Crippen LogP) is 3.73. The molecular formula is C14H21N3O2S. The normalized spacial score (nSPS) is 13.7. The molecular weight excluding hydrogens is 274 g/mol. The summed E-state index contributed by atoms with van der Waals surface area (Å²) in [7, 11) is 1.65. The first-order chi connectivity index (χ1) is 9.25. The maximum Gasteiger partial charge on any atom is 0.261 e. The molecule has 2 heterocycles. The molecule has 0 saturated carbocycles. The van der Waals surface area contributed by atoms with E-state index in [9.17, 15) is 0 Å². The number of ether oxygens (including phenoxy) is 1. The van der Waals surface area contributed by atoms with Crippen LogP contribution in [0.3, 0.4) is 0 Å². The first kappa shape index (κ1) is 15.0. The first-order valence-corrected chi connectivity index (χ1v) is 7.29. The van der Waals surface area contributed by atoms with Crippen LogP contribution in [0.4, 0.5) is 5.00 Å². The van der Waals surface area contributed by atoms with Gasteiger partial charge in [-0.3, -0.25) is 0 Å². The molecule has 2 aromatic rings. The highest BCUT2D eigenvalue weighted by Gasteiger charge is 2.31. The molecule has 0 aromatic carbocycles. The Kier molecular flexibility index (Phi) is 3.88. The van der Waals surface area contributed by atoms with Crippen molar-refractivity contribution < 1.29 is 9.26 Å². The Bertz CT molecular complexity index is 610. The molecule has 110 valence electrons. The summed E-state index contributed by atoms with van der Waals surface area (Å²) in [5.41, 5.74) is 7.86. The van der Waals surface area contributed by atoms with Crippen molar-refractivity contribution in [3.05, 3.63) is 16.3 Å². The van der Waals surface area contributed by atoms with Crippen LogP contribution in [0, 0.1) is 19.3 Å². The van der Waals surface area contributed by atoms with Crippen LogP contribution in [-0.2, 0) is 4.74 Å². The minimum atomic E-state index is -0.221. The monoisotopic (exact) mass is 295 g/mol. The van der Waals surface area contributed by atoms with Gasteiger partial charge >= 0.3 is 0 Å². The Hall–Kier alpha value is -1.40. The summed E-state index contributed by atoms with van der Waals surface area (Å²) in [5, 5.41) is 4.77. The molecule has 0 aliphatic carbocycles. The van der Waals surface area contributed by atoms with E-state index < -0.39 is 0 Å². The number of nitrogen functional groups attached to an aromatic ring is 1. The van der Waals surface area contributed by atoms with Crippen LogP contribution in [0.5, 0.6) is 0 Å². The lowest BCUT2D eigenvalue weighted by Crippen LogP contribution is -2.21. The Morgan fingerprint density at radius 3 is 2.40 bits per heavy atom. The van der Waals surface area contributed by atoms with Gasteiger partial charge < -0.3 is 15.0 Å². The topological polar surface area (TPSA) is 74.2 Å². The minimum Gasteiger partial charge on any atom is -0.390 e. The molecule has 6 heteroatoms. The molecule has 1 unspecified atom stereocenters. The highest BCUT2D eigenvalue weighted by Crippen LogP contribution is 2.39. The molecule has 5 nitrogen and oxygen atoms in total. The summed E-state index contributed by atoms with van der Waals surface area (Å²) in [6, 6.07) is 0. The zero-order valence-electron chi connectivity index (χ0n) is 12.8. The number of hydrogen-bond acceptors (Lipinski definition) is 6. The van der Waals surface area contributed by atoms with Crippen molar-refractivity contribution in [3.8, 4) is 11.5 Å². The zero-order valence-corrected chi connectivity index (χ0v) is 13.6. The number of rotatable bonds is 3. The second-order valence-corrected chi connectivity index (χ2v) is 7.22. The zero-order chi connectivity index (χ0) is 15.1. The Morgan fingerprint density at radius 1 is 1.30 bits per heavy atom. The first-order valence-electron chi connectivity index (χ1n) is 6.48. The molecule has 0 aliphatic heterocycles. The lowest BCUT2D eigenvalue weighted by Gasteiger charge is -2.26. The molecule has 0 bridgehead atoms. The lowest BCUT2D eigenvalue weighted by molar-refractivity contribution is 0.00718. The van der Waals surface area contributed by atoms with Gasteiger partial charge in [-0.15, -0.1) is 11.3 Å². The van der Waals surface area contributed by atoms with E-state index in [-0.39, 0.29) is 11.5 Å². The fraction of sp³-hybridized carbons (Fsp3) is 0.571. The molecule has 1 atom stereocenters. The average Bonchev–Trinajstić information content (AvgIpc) is 2.85. The average molecular weight is 295 g/mol. The number of thiophene rings is 1. The molecule has 2 aromatic heterocycles. The van der Waals surface area contributed by atoms with E-state index in [1.807, 2.05) is 13.8 Å². The molecule has 20 heavy (non-hydrogen) atoms. The summed E-state index contributed by atoms with van der Waals surface area (Å²) in [5.74, 6) is 1.02. The SMILES string of the molecule is COC(c1noc(-c2c(N)sc(C)c2C)n1)C(C)(C)C. The third kappa shape index (κ3) is 2.58. The van der Waals surface area contributed by atoms with Crippen molar-refractivity contribution in [1.82, 2.24) is 10.1 Å². The molecule has 2 rings (SSSR count). The molecule has 0 saturated heterocycles. The highest BCUT2D eigenvalue weighted by molar-refractivity contribution is 7.16. The fourth-order valence-electron chi connectivity index (χ4n) is 2.21. The van der Waals surface area contributed by atoms with Crippen molar-refractivity contribution in [2.45, 2.75) is 40.7 Å². The molecule has 0 spiro atoms. The summed E-state index contributed by atoms with van der Waals surface area (Å²) < 4.78 is 10.9. The maximum atomic E-state index is 6.04. The number of anilines is 1. The van der Waals surface area contributed by atoms with Gasteiger partial charge in [-0.05, 0) is 24.8 Å². The van der Waals surface area contributed by atoms with Crippen LogP contribution in [0.25, 0.3) is 11.5 Å². The summed E-state index contributed by atoms with van der Waals surface area (Å²) in [4.78, 5) is 5.64. The standard InChI is InChI=1S/C14H21N3O2S/c1-7-8(2)20-11(15)9(7)13-16-12(17-19-13)10(18-6)14(3,4)5/h10H,15H2,1-6H3. The van der Waals surface area contributed by atoms with E-state index in [1.54, 1.807) is 7.11 Å². The van der Waals surface area contributed by atoms with Gasteiger partial charge in [0.2, 0.25) is 5.82 Å². The summed E-state index contributed by atoms with van der Waals surface area (Å²) in [6.07, 6.45) is -0.221. The van der Waals surface area contributed by atoms with Gasteiger partial charge in [0.05, 0.1) is 10.6 Å². The molecule has 0 aliphatic rings. The van der Waals surface area contributed by atoms with E-state index in [4.69, 9.17) is 15.0 Å². The van der Waals surface area contributed by atoms with Crippen molar-refractivity contribution in [2.24, 2.45) is 5.41 Å². The van der Waals surface area contributed by atoms with E-state index in [0.29, 0.717) is 16.7 Å². The van der Waals surface area contributed by atoms with Crippen LogP contribution < -0.4 is 5.73 Å². The maximum absolute atomic E-state index is 6.04. The summed E-state index contributed by atoms with van der Waals surface area (Å²) in [6.45, 7) is 10.3. The van der Waals surface area contributed by atoms with Gasteiger partial charge in [-0.25, -0.2) is 0 Å².